The standard InChI is InChI=1S/C33H56N2O5/c1-8-9-26-25-11-10-24-21-32(6,14-15-33(24,7)27(25)12-13-31(26,5)20-23(2)36)40-28(37)22-34-29(38)30(3,4)35-16-18-39-19-17-35/h24-27H,8-22H2,1-7H3,(H,34,38)/t24-,25-,26-,27-,31+,32+,33-/m0/s1. The molecule has 1 heterocycles. The average Bonchev–Trinajstić information content (AvgIpc) is 2.89. The SMILES string of the molecule is CCC[C@H]1[C@@H]2CC[C@H]3C[C@](C)(OC(=O)CNC(=O)C(C)(C)N4CCOCC4)CC[C@]3(C)[C@H]2CC[C@]1(C)CC(C)=O. The minimum absolute atomic E-state index is 0.0950. The van der Waals surface area contributed by atoms with E-state index in [2.05, 4.69) is 37.9 Å². The number of carbonyl (C=O) groups excluding carboxylic acids is 3. The van der Waals surface area contributed by atoms with E-state index in [1.54, 1.807) is 6.92 Å². The molecule has 228 valence electrons. The summed E-state index contributed by atoms with van der Waals surface area (Å²) in [5, 5.41) is 2.85. The second kappa shape index (κ2) is 12.0. The van der Waals surface area contributed by atoms with E-state index in [1.807, 2.05) is 13.8 Å². The highest BCUT2D eigenvalue weighted by Gasteiger charge is 2.58. The molecule has 0 radical (unpaired) electrons. The van der Waals surface area contributed by atoms with Gasteiger partial charge in [0.25, 0.3) is 0 Å². The zero-order valence-electron chi connectivity index (χ0n) is 26.4. The molecule has 0 aromatic rings. The molecule has 1 aliphatic heterocycles. The Labute approximate surface area is 242 Å². The van der Waals surface area contributed by atoms with Crippen LogP contribution in [-0.2, 0) is 23.9 Å². The number of esters is 1. The number of morpholine rings is 1. The number of ether oxygens (including phenoxy) is 2. The minimum Gasteiger partial charge on any atom is -0.458 e. The van der Waals surface area contributed by atoms with Crippen LogP contribution in [0.15, 0.2) is 0 Å². The van der Waals surface area contributed by atoms with Gasteiger partial charge in [-0.05, 0) is 114 Å². The number of Topliss-reactive ketones (excluding diaryl/α,β-unsaturated/α-hetero) is 1. The Bertz CT molecular complexity index is 945. The van der Waals surface area contributed by atoms with E-state index in [0.29, 0.717) is 55.8 Å². The van der Waals surface area contributed by atoms with Crippen LogP contribution < -0.4 is 5.32 Å². The third-order valence-electron chi connectivity index (χ3n) is 11.8. The fraction of sp³-hybridized carbons (Fsp3) is 0.909. The molecular weight excluding hydrogens is 504 g/mol. The van der Waals surface area contributed by atoms with Crippen molar-refractivity contribution in [1.82, 2.24) is 10.2 Å². The van der Waals surface area contributed by atoms with Crippen molar-refractivity contribution in [2.24, 2.45) is 34.5 Å². The van der Waals surface area contributed by atoms with Gasteiger partial charge >= 0.3 is 5.97 Å². The van der Waals surface area contributed by atoms with E-state index < -0.39 is 11.1 Å². The molecule has 40 heavy (non-hydrogen) atoms. The van der Waals surface area contributed by atoms with Crippen molar-refractivity contribution >= 4 is 17.7 Å². The fourth-order valence-electron chi connectivity index (χ4n) is 9.51. The first-order valence-corrected chi connectivity index (χ1v) is 16.1. The summed E-state index contributed by atoms with van der Waals surface area (Å²) in [5.41, 5.74) is -0.797. The Morgan fingerprint density at radius 1 is 1.02 bits per heavy atom. The number of fused-ring (bicyclic) bond motifs is 3. The number of rotatable bonds is 9. The van der Waals surface area contributed by atoms with E-state index in [9.17, 15) is 14.4 Å². The Hall–Kier alpha value is -1.47. The number of hydrogen-bond acceptors (Lipinski definition) is 6. The van der Waals surface area contributed by atoms with Gasteiger partial charge in [-0.1, -0.05) is 27.2 Å². The Balaban J connectivity index is 1.36. The van der Waals surface area contributed by atoms with Crippen LogP contribution in [0.25, 0.3) is 0 Å². The molecule has 1 N–H and O–H groups in total. The summed E-state index contributed by atoms with van der Waals surface area (Å²) in [6.45, 7) is 17.4. The number of ketones is 1. The molecule has 4 fully saturated rings. The lowest BCUT2D eigenvalue weighted by Crippen LogP contribution is -2.59. The van der Waals surface area contributed by atoms with Crippen molar-refractivity contribution < 1.29 is 23.9 Å². The van der Waals surface area contributed by atoms with Crippen LogP contribution in [0.1, 0.15) is 113 Å². The number of nitrogens with zero attached hydrogens (tertiary/aromatic N) is 1. The number of hydrogen-bond donors (Lipinski definition) is 1. The summed E-state index contributed by atoms with van der Waals surface area (Å²) in [6.07, 6.45) is 10.7. The average molecular weight is 561 g/mol. The van der Waals surface area contributed by atoms with Gasteiger partial charge in [0.2, 0.25) is 5.91 Å². The molecule has 0 spiro atoms. The predicted molar refractivity (Wildman–Crippen MR) is 157 cm³/mol. The lowest BCUT2D eigenvalue weighted by molar-refractivity contribution is -0.181. The molecule has 0 unspecified atom stereocenters. The van der Waals surface area contributed by atoms with Gasteiger partial charge in [0.05, 0.1) is 18.8 Å². The van der Waals surface area contributed by atoms with Crippen LogP contribution >= 0.6 is 0 Å². The first-order valence-electron chi connectivity index (χ1n) is 16.1. The second-order valence-electron chi connectivity index (χ2n) is 15.0. The van der Waals surface area contributed by atoms with Crippen LogP contribution in [0.5, 0.6) is 0 Å². The van der Waals surface area contributed by atoms with Crippen LogP contribution in [0.2, 0.25) is 0 Å². The summed E-state index contributed by atoms with van der Waals surface area (Å²) >= 11 is 0. The van der Waals surface area contributed by atoms with E-state index in [4.69, 9.17) is 9.47 Å². The molecule has 3 saturated carbocycles. The molecule has 1 amide bonds. The quantitative estimate of drug-likeness (QED) is 0.373. The molecule has 7 heteroatoms. The highest BCUT2D eigenvalue weighted by molar-refractivity contribution is 5.88. The smallest absolute Gasteiger partial charge is 0.325 e. The summed E-state index contributed by atoms with van der Waals surface area (Å²) < 4.78 is 11.6. The van der Waals surface area contributed by atoms with E-state index in [-0.39, 0.29) is 29.3 Å². The van der Waals surface area contributed by atoms with Gasteiger partial charge in [-0.25, -0.2) is 0 Å². The van der Waals surface area contributed by atoms with Crippen molar-refractivity contribution in [3.63, 3.8) is 0 Å². The van der Waals surface area contributed by atoms with Crippen molar-refractivity contribution in [2.75, 3.05) is 32.8 Å². The molecule has 7 nitrogen and oxygen atoms in total. The molecule has 0 aromatic heterocycles. The maximum absolute atomic E-state index is 13.0. The largest absolute Gasteiger partial charge is 0.458 e. The highest BCUT2D eigenvalue weighted by atomic mass is 16.6. The second-order valence-corrected chi connectivity index (χ2v) is 15.0. The van der Waals surface area contributed by atoms with Crippen molar-refractivity contribution in [1.29, 1.82) is 0 Å². The third kappa shape index (κ3) is 6.30. The molecule has 3 aliphatic carbocycles. The lowest BCUT2D eigenvalue weighted by Gasteiger charge is -2.62. The summed E-state index contributed by atoms with van der Waals surface area (Å²) in [7, 11) is 0. The molecular formula is C33H56N2O5. The summed E-state index contributed by atoms with van der Waals surface area (Å²) in [4.78, 5) is 40.2. The number of amides is 1. The molecule has 4 aliphatic rings. The maximum Gasteiger partial charge on any atom is 0.325 e. The van der Waals surface area contributed by atoms with Gasteiger partial charge < -0.3 is 19.6 Å². The monoisotopic (exact) mass is 560 g/mol. The van der Waals surface area contributed by atoms with Crippen LogP contribution in [0, 0.1) is 34.5 Å². The Morgan fingerprint density at radius 3 is 2.38 bits per heavy atom. The zero-order chi connectivity index (χ0) is 29.3. The Morgan fingerprint density at radius 2 is 1.73 bits per heavy atom. The highest BCUT2D eigenvalue weighted by Crippen LogP contribution is 2.65. The van der Waals surface area contributed by atoms with Crippen molar-refractivity contribution in [3.8, 4) is 0 Å². The summed E-state index contributed by atoms with van der Waals surface area (Å²) in [6, 6.07) is 0. The normalized spacial score (nSPS) is 38.6. The minimum atomic E-state index is -0.699. The number of nitrogens with one attached hydrogen (secondary N) is 1. The summed E-state index contributed by atoms with van der Waals surface area (Å²) in [5.74, 6) is 2.37. The lowest BCUT2D eigenvalue weighted by atomic mass is 9.43. The van der Waals surface area contributed by atoms with Gasteiger partial charge in [-0.3, -0.25) is 14.5 Å². The van der Waals surface area contributed by atoms with Gasteiger partial charge in [-0.2, -0.15) is 0 Å². The fourth-order valence-corrected chi connectivity index (χ4v) is 9.51. The van der Waals surface area contributed by atoms with Gasteiger partial charge in [0, 0.05) is 19.5 Å². The molecule has 0 bridgehead atoms. The van der Waals surface area contributed by atoms with Crippen LogP contribution in [0.3, 0.4) is 0 Å². The van der Waals surface area contributed by atoms with Crippen LogP contribution in [-0.4, -0.2) is 66.5 Å². The molecule has 4 rings (SSSR count). The first kappa shape index (κ1) is 31.5. The van der Waals surface area contributed by atoms with Crippen molar-refractivity contribution in [3.05, 3.63) is 0 Å². The van der Waals surface area contributed by atoms with E-state index in [0.717, 1.165) is 32.1 Å². The van der Waals surface area contributed by atoms with Gasteiger partial charge in [-0.15, -0.1) is 0 Å². The maximum atomic E-state index is 13.0. The molecule has 0 aromatic carbocycles. The predicted octanol–water partition coefficient (Wildman–Crippen LogP) is 5.54. The van der Waals surface area contributed by atoms with Gasteiger partial charge in [0.1, 0.15) is 17.9 Å². The molecule has 1 saturated heterocycles. The van der Waals surface area contributed by atoms with E-state index >= 15 is 0 Å². The van der Waals surface area contributed by atoms with Crippen LogP contribution in [0.4, 0.5) is 0 Å². The first-order chi connectivity index (χ1) is 18.7. The Kier molecular flexibility index (Phi) is 9.46. The molecule has 7 atom stereocenters. The van der Waals surface area contributed by atoms with E-state index in [1.165, 1.54) is 32.1 Å². The van der Waals surface area contributed by atoms with Gasteiger partial charge in [0.15, 0.2) is 0 Å². The third-order valence-corrected chi connectivity index (χ3v) is 11.8. The topological polar surface area (TPSA) is 84.9 Å². The van der Waals surface area contributed by atoms with Crippen molar-refractivity contribution in [2.45, 2.75) is 124 Å². The number of carbonyl (C=O) groups is 3. The zero-order valence-corrected chi connectivity index (χ0v) is 26.4.